The number of aryl methyl sites for hydroxylation is 1. The van der Waals surface area contributed by atoms with Gasteiger partial charge in [0.2, 0.25) is 5.95 Å². The van der Waals surface area contributed by atoms with E-state index in [4.69, 9.17) is 5.73 Å². The predicted octanol–water partition coefficient (Wildman–Crippen LogP) is 1.50. The van der Waals surface area contributed by atoms with Crippen molar-refractivity contribution in [3.63, 3.8) is 0 Å². The Balaban J connectivity index is 2.85. The van der Waals surface area contributed by atoms with Gasteiger partial charge in [-0.15, -0.1) is 0 Å². The Morgan fingerprint density at radius 3 is 3.00 bits per heavy atom. The summed E-state index contributed by atoms with van der Waals surface area (Å²) in [6.45, 7) is 1.87. The molecule has 0 radical (unpaired) electrons. The molecule has 0 aliphatic carbocycles. The lowest BCUT2D eigenvalue weighted by Gasteiger charge is -1.96. The summed E-state index contributed by atoms with van der Waals surface area (Å²) in [6.07, 6.45) is 2.47. The Bertz CT molecular complexity index is 352. The Kier molecular flexibility index (Phi) is 3.71. The van der Waals surface area contributed by atoms with Crippen LogP contribution in [0.2, 0.25) is 0 Å². The minimum absolute atomic E-state index is 0.295. The second-order valence-corrected chi connectivity index (χ2v) is 3.26. The first-order chi connectivity index (χ1) is 6.24. The van der Waals surface area contributed by atoms with E-state index >= 15 is 0 Å². The molecular weight excluding hydrogens is 230 g/mol. The van der Waals surface area contributed by atoms with Gasteiger partial charge in [0, 0.05) is 17.9 Å². The molecule has 1 heterocycles. The molecule has 0 aromatic carbocycles. The summed E-state index contributed by atoms with van der Waals surface area (Å²) < 4.78 is 0. The van der Waals surface area contributed by atoms with Crippen molar-refractivity contribution in [2.75, 3.05) is 11.1 Å². The van der Waals surface area contributed by atoms with Crippen LogP contribution in [0.4, 0.5) is 5.95 Å². The van der Waals surface area contributed by atoms with E-state index in [1.54, 1.807) is 6.20 Å². The number of nitrogens with zero attached hydrogens (tertiary/aromatic N) is 2. The smallest absolute Gasteiger partial charge is 0.220 e. The van der Waals surface area contributed by atoms with E-state index < -0.39 is 0 Å². The van der Waals surface area contributed by atoms with E-state index in [0.717, 1.165) is 23.0 Å². The third kappa shape index (κ3) is 3.03. The van der Waals surface area contributed by atoms with E-state index in [0.29, 0.717) is 5.95 Å². The zero-order valence-electron chi connectivity index (χ0n) is 7.34. The van der Waals surface area contributed by atoms with Crippen LogP contribution in [-0.2, 0) is 0 Å². The number of anilines is 1. The fourth-order valence-electron chi connectivity index (χ4n) is 0.813. The Morgan fingerprint density at radius 1 is 1.62 bits per heavy atom. The van der Waals surface area contributed by atoms with Crippen molar-refractivity contribution >= 4 is 21.9 Å². The van der Waals surface area contributed by atoms with Crippen LogP contribution in [0.1, 0.15) is 17.7 Å². The van der Waals surface area contributed by atoms with Crippen LogP contribution in [0.15, 0.2) is 6.20 Å². The fourth-order valence-corrected chi connectivity index (χ4v) is 1.01. The van der Waals surface area contributed by atoms with E-state index in [1.165, 1.54) is 0 Å². The van der Waals surface area contributed by atoms with Crippen molar-refractivity contribution in [3.05, 3.63) is 17.5 Å². The Labute approximate surface area is 85.9 Å². The second-order valence-electron chi connectivity index (χ2n) is 2.47. The summed E-state index contributed by atoms with van der Waals surface area (Å²) in [5.74, 6) is 6.27. The van der Waals surface area contributed by atoms with Crippen molar-refractivity contribution in [2.24, 2.45) is 0 Å². The molecule has 0 amide bonds. The van der Waals surface area contributed by atoms with Crippen LogP contribution in [0.5, 0.6) is 0 Å². The summed E-state index contributed by atoms with van der Waals surface area (Å²) in [5, 5.41) is 0.884. The highest BCUT2D eigenvalue weighted by molar-refractivity contribution is 9.09. The van der Waals surface area contributed by atoms with Crippen molar-refractivity contribution in [2.45, 2.75) is 13.3 Å². The maximum atomic E-state index is 5.40. The van der Waals surface area contributed by atoms with Gasteiger partial charge < -0.3 is 5.73 Å². The average Bonchev–Trinajstić information content (AvgIpc) is 2.09. The molecule has 0 aliphatic heterocycles. The Hall–Kier alpha value is -1.08. The van der Waals surface area contributed by atoms with Gasteiger partial charge in [0.05, 0.1) is 11.3 Å². The van der Waals surface area contributed by atoms with Gasteiger partial charge in [-0.1, -0.05) is 27.8 Å². The summed E-state index contributed by atoms with van der Waals surface area (Å²) >= 11 is 3.30. The third-order valence-electron chi connectivity index (χ3n) is 1.44. The van der Waals surface area contributed by atoms with Gasteiger partial charge in [-0.3, -0.25) is 0 Å². The number of halogens is 1. The lowest BCUT2D eigenvalue weighted by Crippen LogP contribution is -1.98. The molecule has 0 spiro atoms. The molecule has 3 nitrogen and oxygen atoms in total. The molecule has 2 N–H and O–H groups in total. The lowest BCUT2D eigenvalue weighted by atomic mass is 10.2. The summed E-state index contributed by atoms with van der Waals surface area (Å²) in [4.78, 5) is 7.88. The number of alkyl halides is 1. The Morgan fingerprint density at radius 2 is 2.38 bits per heavy atom. The van der Waals surface area contributed by atoms with Crippen LogP contribution in [-0.4, -0.2) is 15.3 Å². The van der Waals surface area contributed by atoms with Crippen LogP contribution in [0.25, 0.3) is 0 Å². The SMILES string of the molecule is Cc1nc(N)ncc1C#CCCBr. The molecule has 4 heteroatoms. The molecule has 0 bridgehead atoms. The zero-order valence-corrected chi connectivity index (χ0v) is 8.93. The molecule has 0 saturated carbocycles. The van der Waals surface area contributed by atoms with Gasteiger partial charge in [0.1, 0.15) is 0 Å². The minimum Gasteiger partial charge on any atom is -0.368 e. The average molecular weight is 240 g/mol. The number of hydrogen-bond donors (Lipinski definition) is 1. The molecule has 0 saturated heterocycles. The van der Waals surface area contributed by atoms with Crippen LogP contribution < -0.4 is 5.73 Å². The zero-order chi connectivity index (χ0) is 9.68. The first-order valence-corrected chi connectivity index (χ1v) is 5.00. The van der Waals surface area contributed by atoms with Gasteiger partial charge >= 0.3 is 0 Å². The molecule has 13 heavy (non-hydrogen) atoms. The van der Waals surface area contributed by atoms with E-state index in [1.807, 2.05) is 6.92 Å². The predicted molar refractivity (Wildman–Crippen MR) is 56.5 cm³/mol. The first-order valence-electron chi connectivity index (χ1n) is 3.88. The van der Waals surface area contributed by atoms with Crippen molar-refractivity contribution in [1.29, 1.82) is 0 Å². The van der Waals surface area contributed by atoms with Gasteiger partial charge in [0.15, 0.2) is 0 Å². The number of rotatable bonds is 1. The van der Waals surface area contributed by atoms with E-state index in [-0.39, 0.29) is 0 Å². The topological polar surface area (TPSA) is 51.8 Å². The molecule has 1 rings (SSSR count). The van der Waals surface area contributed by atoms with Gasteiger partial charge in [0.25, 0.3) is 0 Å². The summed E-state index contributed by atoms with van der Waals surface area (Å²) in [7, 11) is 0. The van der Waals surface area contributed by atoms with Gasteiger partial charge in [-0.25, -0.2) is 9.97 Å². The summed E-state index contributed by atoms with van der Waals surface area (Å²) in [5.41, 5.74) is 7.08. The van der Waals surface area contributed by atoms with Crippen LogP contribution in [0, 0.1) is 18.8 Å². The quantitative estimate of drug-likeness (QED) is 0.597. The minimum atomic E-state index is 0.295. The van der Waals surface area contributed by atoms with E-state index in [2.05, 4.69) is 37.7 Å². The largest absolute Gasteiger partial charge is 0.368 e. The number of aromatic nitrogens is 2. The summed E-state index contributed by atoms with van der Waals surface area (Å²) in [6, 6.07) is 0. The van der Waals surface area contributed by atoms with Gasteiger partial charge in [-0.05, 0) is 6.92 Å². The molecule has 1 aromatic rings. The van der Waals surface area contributed by atoms with Crippen LogP contribution in [0.3, 0.4) is 0 Å². The molecule has 0 unspecified atom stereocenters. The molecule has 0 atom stereocenters. The van der Waals surface area contributed by atoms with E-state index in [9.17, 15) is 0 Å². The molecule has 68 valence electrons. The van der Waals surface area contributed by atoms with Crippen LogP contribution >= 0.6 is 15.9 Å². The fraction of sp³-hybridized carbons (Fsp3) is 0.333. The van der Waals surface area contributed by atoms with Gasteiger partial charge in [-0.2, -0.15) is 0 Å². The second kappa shape index (κ2) is 4.83. The van der Waals surface area contributed by atoms with Crippen molar-refractivity contribution in [1.82, 2.24) is 9.97 Å². The molecule has 1 aromatic heterocycles. The highest BCUT2D eigenvalue weighted by Crippen LogP contribution is 2.02. The van der Waals surface area contributed by atoms with Crippen molar-refractivity contribution in [3.8, 4) is 11.8 Å². The monoisotopic (exact) mass is 239 g/mol. The van der Waals surface area contributed by atoms with Crippen molar-refractivity contribution < 1.29 is 0 Å². The number of nitrogens with two attached hydrogens (primary N) is 1. The lowest BCUT2D eigenvalue weighted by molar-refractivity contribution is 1.10. The molecular formula is C9H10BrN3. The first kappa shape index (κ1) is 10.0. The molecule has 0 aliphatic rings. The number of hydrogen-bond acceptors (Lipinski definition) is 3. The highest BCUT2D eigenvalue weighted by Gasteiger charge is 1.96. The normalized spacial score (nSPS) is 9.08. The molecule has 0 fully saturated rings. The highest BCUT2D eigenvalue weighted by atomic mass is 79.9. The number of nitrogen functional groups attached to an aromatic ring is 1. The maximum absolute atomic E-state index is 5.40. The maximum Gasteiger partial charge on any atom is 0.220 e. The third-order valence-corrected chi connectivity index (χ3v) is 1.84. The standard InChI is InChI=1S/C9H10BrN3/c1-7-8(4-2-3-5-10)6-12-9(11)13-7/h6H,3,5H2,1H3,(H2,11,12,13).